The molecule has 1 fully saturated rings. The SMILES string of the molecule is C[C@@H](Nc1ccc(S(=O)(=O)N2CCCC2)cn1)c1cc2ccccc2o1. The summed E-state index contributed by atoms with van der Waals surface area (Å²) in [5, 5.41) is 4.31. The first-order valence-electron chi connectivity index (χ1n) is 8.75. The van der Waals surface area contributed by atoms with Gasteiger partial charge < -0.3 is 9.73 Å². The van der Waals surface area contributed by atoms with E-state index < -0.39 is 10.0 Å². The third-order valence-electron chi connectivity index (χ3n) is 4.67. The van der Waals surface area contributed by atoms with E-state index >= 15 is 0 Å². The highest BCUT2D eigenvalue weighted by Gasteiger charge is 2.27. The molecule has 3 aromatic rings. The summed E-state index contributed by atoms with van der Waals surface area (Å²) in [5.74, 6) is 1.42. The van der Waals surface area contributed by atoms with E-state index in [2.05, 4.69) is 10.3 Å². The van der Waals surface area contributed by atoms with Crippen molar-refractivity contribution in [1.82, 2.24) is 9.29 Å². The molecule has 2 aromatic heterocycles. The van der Waals surface area contributed by atoms with Crippen LogP contribution in [0.5, 0.6) is 0 Å². The topological polar surface area (TPSA) is 75.4 Å². The van der Waals surface area contributed by atoms with Crippen LogP contribution in [0.4, 0.5) is 5.82 Å². The number of para-hydroxylation sites is 1. The molecule has 1 N–H and O–H groups in total. The molecule has 3 heterocycles. The average molecular weight is 371 g/mol. The lowest BCUT2D eigenvalue weighted by atomic mass is 10.2. The fourth-order valence-electron chi connectivity index (χ4n) is 3.20. The highest BCUT2D eigenvalue weighted by Crippen LogP contribution is 2.26. The third kappa shape index (κ3) is 3.20. The number of sulfonamides is 1. The number of nitrogens with one attached hydrogen (secondary N) is 1. The van der Waals surface area contributed by atoms with Crippen LogP contribution < -0.4 is 5.32 Å². The number of benzene rings is 1. The first-order chi connectivity index (χ1) is 12.5. The van der Waals surface area contributed by atoms with Crippen LogP contribution in [0.25, 0.3) is 11.0 Å². The van der Waals surface area contributed by atoms with Gasteiger partial charge >= 0.3 is 0 Å². The second-order valence-electron chi connectivity index (χ2n) is 6.54. The Bertz CT molecular complexity index is 973. The molecule has 0 aliphatic carbocycles. The standard InChI is InChI=1S/C19H21N3O3S/c1-14(18-12-15-6-2-3-7-17(15)25-18)21-19-9-8-16(13-20-19)26(23,24)22-10-4-5-11-22/h2-3,6-9,12-14H,4-5,10-11H2,1H3,(H,20,21)/t14-/m1/s1. The summed E-state index contributed by atoms with van der Waals surface area (Å²) >= 11 is 0. The molecule has 0 bridgehead atoms. The van der Waals surface area contributed by atoms with E-state index in [0.29, 0.717) is 18.9 Å². The molecule has 1 aliphatic rings. The molecule has 0 spiro atoms. The Balaban J connectivity index is 1.50. The summed E-state index contributed by atoms with van der Waals surface area (Å²) < 4.78 is 32.5. The first-order valence-corrected chi connectivity index (χ1v) is 10.2. The van der Waals surface area contributed by atoms with Gasteiger partial charge in [0.25, 0.3) is 0 Å². The second kappa shape index (κ2) is 6.74. The van der Waals surface area contributed by atoms with Crippen molar-refractivity contribution in [2.75, 3.05) is 18.4 Å². The Morgan fingerprint density at radius 1 is 1.15 bits per heavy atom. The number of fused-ring (bicyclic) bond motifs is 1. The van der Waals surface area contributed by atoms with Gasteiger partial charge in [-0.3, -0.25) is 0 Å². The van der Waals surface area contributed by atoms with Gasteiger partial charge in [-0.2, -0.15) is 4.31 Å². The molecule has 1 aromatic carbocycles. The fourth-order valence-corrected chi connectivity index (χ4v) is 4.67. The molecule has 136 valence electrons. The minimum Gasteiger partial charge on any atom is -0.459 e. The molecule has 1 aliphatic heterocycles. The van der Waals surface area contributed by atoms with E-state index in [4.69, 9.17) is 4.42 Å². The van der Waals surface area contributed by atoms with Gasteiger partial charge in [-0.15, -0.1) is 0 Å². The summed E-state index contributed by atoms with van der Waals surface area (Å²) in [4.78, 5) is 4.51. The van der Waals surface area contributed by atoms with Crippen molar-refractivity contribution in [3.63, 3.8) is 0 Å². The molecular formula is C19H21N3O3S. The number of aromatic nitrogens is 1. The van der Waals surface area contributed by atoms with Gasteiger partial charge in [0.1, 0.15) is 22.1 Å². The van der Waals surface area contributed by atoms with Crippen LogP contribution in [-0.2, 0) is 10.0 Å². The lowest BCUT2D eigenvalue weighted by molar-refractivity contribution is 0.477. The number of furan rings is 1. The maximum atomic E-state index is 12.5. The molecule has 0 radical (unpaired) electrons. The lowest BCUT2D eigenvalue weighted by Gasteiger charge is -2.16. The van der Waals surface area contributed by atoms with Crippen molar-refractivity contribution in [2.45, 2.75) is 30.7 Å². The number of rotatable bonds is 5. The van der Waals surface area contributed by atoms with Crippen molar-refractivity contribution in [3.8, 4) is 0 Å². The lowest BCUT2D eigenvalue weighted by Crippen LogP contribution is -2.27. The molecular weight excluding hydrogens is 350 g/mol. The van der Waals surface area contributed by atoms with Crippen molar-refractivity contribution in [3.05, 3.63) is 54.4 Å². The summed E-state index contributed by atoms with van der Waals surface area (Å²) in [5.41, 5.74) is 0.844. The summed E-state index contributed by atoms with van der Waals surface area (Å²) in [6, 6.07) is 13.1. The minimum absolute atomic E-state index is 0.0871. The first kappa shape index (κ1) is 17.1. The van der Waals surface area contributed by atoms with Gasteiger partial charge in [0, 0.05) is 24.7 Å². The quantitative estimate of drug-likeness (QED) is 0.739. The summed E-state index contributed by atoms with van der Waals surface area (Å²) in [7, 11) is -3.43. The van der Waals surface area contributed by atoms with Gasteiger partial charge in [0.2, 0.25) is 10.0 Å². The fraction of sp³-hybridized carbons (Fsp3) is 0.316. The van der Waals surface area contributed by atoms with E-state index in [-0.39, 0.29) is 10.9 Å². The largest absolute Gasteiger partial charge is 0.459 e. The van der Waals surface area contributed by atoms with Crippen LogP contribution in [0.3, 0.4) is 0 Å². The predicted octanol–water partition coefficient (Wildman–Crippen LogP) is 3.79. The molecule has 0 unspecified atom stereocenters. The molecule has 7 heteroatoms. The average Bonchev–Trinajstić information content (AvgIpc) is 3.32. The molecule has 6 nitrogen and oxygen atoms in total. The van der Waals surface area contributed by atoms with Crippen molar-refractivity contribution in [1.29, 1.82) is 0 Å². The Morgan fingerprint density at radius 2 is 1.92 bits per heavy atom. The molecule has 26 heavy (non-hydrogen) atoms. The smallest absolute Gasteiger partial charge is 0.244 e. The van der Waals surface area contributed by atoms with E-state index in [1.54, 1.807) is 12.1 Å². The number of pyridine rings is 1. The van der Waals surface area contributed by atoms with E-state index in [1.807, 2.05) is 37.3 Å². The van der Waals surface area contributed by atoms with E-state index in [1.165, 1.54) is 10.5 Å². The Morgan fingerprint density at radius 3 is 2.62 bits per heavy atom. The van der Waals surface area contributed by atoms with Gasteiger partial charge in [-0.25, -0.2) is 13.4 Å². The number of anilines is 1. The molecule has 1 saturated heterocycles. The van der Waals surface area contributed by atoms with Crippen LogP contribution in [0.15, 0.2) is 58.0 Å². The molecule has 1 atom stereocenters. The summed E-state index contributed by atoms with van der Waals surface area (Å²) in [6.45, 7) is 3.16. The maximum absolute atomic E-state index is 12.5. The van der Waals surface area contributed by atoms with E-state index in [0.717, 1.165) is 29.6 Å². The van der Waals surface area contributed by atoms with Crippen molar-refractivity contribution >= 4 is 26.8 Å². The maximum Gasteiger partial charge on any atom is 0.244 e. The summed E-state index contributed by atoms with van der Waals surface area (Å²) in [6.07, 6.45) is 3.25. The van der Waals surface area contributed by atoms with Crippen LogP contribution in [0.1, 0.15) is 31.6 Å². The van der Waals surface area contributed by atoms with Crippen LogP contribution in [0, 0.1) is 0 Å². The van der Waals surface area contributed by atoms with Gasteiger partial charge in [-0.1, -0.05) is 18.2 Å². The van der Waals surface area contributed by atoms with Gasteiger partial charge in [0.05, 0.1) is 6.04 Å². The predicted molar refractivity (Wildman–Crippen MR) is 100 cm³/mol. The number of nitrogens with zero attached hydrogens (tertiary/aromatic N) is 2. The minimum atomic E-state index is -3.43. The van der Waals surface area contributed by atoms with Gasteiger partial charge in [-0.05, 0) is 44.0 Å². The third-order valence-corrected chi connectivity index (χ3v) is 6.56. The van der Waals surface area contributed by atoms with Crippen molar-refractivity contribution in [2.24, 2.45) is 0 Å². The van der Waals surface area contributed by atoms with Crippen molar-refractivity contribution < 1.29 is 12.8 Å². The monoisotopic (exact) mass is 371 g/mol. The Labute approximate surface area is 152 Å². The Hall–Kier alpha value is -2.38. The highest BCUT2D eigenvalue weighted by molar-refractivity contribution is 7.89. The second-order valence-corrected chi connectivity index (χ2v) is 8.48. The van der Waals surface area contributed by atoms with Crippen LogP contribution >= 0.6 is 0 Å². The number of hydrogen-bond acceptors (Lipinski definition) is 5. The molecule has 4 rings (SSSR count). The van der Waals surface area contributed by atoms with E-state index in [9.17, 15) is 8.42 Å². The van der Waals surface area contributed by atoms with Crippen LogP contribution in [-0.4, -0.2) is 30.8 Å². The molecule has 0 saturated carbocycles. The highest BCUT2D eigenvalue weighted by atomic mass is 32.2. The zero-order chi connectivity index (χ0) is 18.1. The normalized spacial score (nSPS) is 16.8. The Kier molecular flexibility index (Phi) is 4.42. The van der Waals surface area contributed by atoms with Gasteiger partial charge in [0.15, 0.2) is 0 Å². The zero-order valence-electron chi connectivity index (χ0n) is 14.6. The zero-order valence-corrected chi connectivity index (χ0v) is 15.4. The number of hydrogen-bond donors (Lipinski definition) is 1. The van der Waals surface area contributed by atoms with Crippen LogP contribution in [0.2, 0.25) is 0 Å². The molecule has 0 amide bonds.